The second-order valence-corrected chi connectivity index (χ2v) is 3.62. The van der Waals surface area contributed by atoms with Crippen molar-refractivity contribution in [3.63, 3.8) is 0 Å². The van der Waals surface area contributed by atoms with E-state index in [-0.39, 0.29) is 0 Å². The van der Waals surface area contributed by atoms with Crippen LogP contribution in [0.15, 0.2) is 29.2 Å². The summed E-state index contributed by atoms with van der Waals surface area (Å²) in [6, 6.07) is 8.52. The molecule has 0 radical (unpaired) electrons. The monoisotopic (exact) mass is 167 g/mol. The van der Waals surface area contributed by atoms with Gasteiger partial charge in [-0.1, -0.05) is 17.7 Å². The van der Waals surface area contributed by atoms with Crippen molar-refractivity contribution in [2.75, 3.05) is 12.3 Å². The van der Waals surface area contributed by atoms with Gasteiger partial charge in [0.25, 0.3) is 0 Å². The Hall–Kier alpha value is -0.470. The quantitative estimate of drug-likeness (QED) is 0.697. The van der Waals surface area contributed by atoms with Crippen LogP contribution in [0.5, 0.6) is 0 Å². The van der Waals surface area contributed by atoms with Gasteiger partial charge < -0.3 is 5.73 Å². The highest BCUT2D eigenvalue weighted by Crippen LogP contribution is 2.16. The van der Waals surface area contributed by atoms with E-state index in [4.69, 9.17) is 5.73 Å². The molecule has 0 aromatic heterocycles. The summed E-state index contributed by atoms with van der Waals surface area (Å²) in [6.07, 6.45) is 0. The fourth-order valence-electron chi connectivity index (χ4n) is 0.811. The van der Waals surface area contributed by atoms with Gasteiger partial charge in [-0.05, 0) is 19.1 Å². The molecule has 0 aliphatic carbocycles. The van der Waals surface area contributed by atoms with E-state index >= 15 is 0 Å². The van der Waals surface area contributed by atoms with Crippen molar-refractivity contribution in [3.8, 4) is 0 Å². The molecule has 0 heterocycles. The number of thioether (sulfide) groups is 1. The Morgan fingerprint density at radius 2 is 1.91 bits per heavy atom. The minimum absolute atomic E-state index is 0.749. The number of aryl methyl sites for hydroxylation is 1. The third kappa shape index (κ3) is 2.95. The molecular formula is C9H13NS. The van der Waals surface area contributed by atoms with E-state index in [9.17, 15) is 0 Å². The molecular weight excluding hydrogens is 154 g/mol. The van der Waals surface area contributed by atoms with Gasteiger partial charge in [0.15, 0.2) is 0 Å². The van der Waals surface area contributed by atoms with E-state index in [0.717, 1.165) is 12.3 Å². The molecule has 0 amide bonds. The lowest BCUT2D eigenvalue weighted by Gasteiger charge is -1.98. The zero-order chi connectivity index (χ0) is 8.10. The topological polar surface area (TPSA) is 26.0 Å². The largest absolute Gasteiger partial charge is 0.330 e. The maximum atomic E-state index is 5.39. The molecule has 1 rings (SSSR count). The van der Waals surface area contributed by atoms with Crippen molar-refractivity contribution in [1.29, 1.82) is 0 Å². The van der Waals surface area contributed by atoms with Crippen molar-refractivity contribution in [1.82, 2.24) is 0 Å². The number of hydrogen-bond donors (Lipinski definition) is 1. The summed E-state index contributed by atoms with van der Waals surface area (Å²) < 4.78 is 0. The summed E-state index contributed by atoms with van der Waals surface area (Å²) >= 11 is 1.80. The Bertz CT molecular complexity index is 205. The predicted molar refractivity (Wildman–Crippen MR) is 51.0 cm³/mol. The Labute approximate surface area is 72.0 Å². The average molecular weight is 167 g/mol. The van der Waals surface area contributed by atoms with E-state index in [0.29, 0.717) is 0 Å². The number of hydrogen-bond acceptors (Lipinski definition) is 2. The summed E-state index contributed by atoms with van der Waals surface area (Å²) in [4.78, 5) is 1.31. The zero-order valence-electron chi connectivity index (χ0n) is 6.71. The molecule has 0 bridgehead atoms. The zero-order valence-corrected chi connectivity index (χ0v) is 7.53. The second-order valence-electron chi connectivity index (χ2n) is 2.45. The normalized spacial score (nSPS) is 10.0. The van der Waals surface area contributed by atoms with Crippen LogP contribution in [0.1, 0.15) is 5.56 Å². The summed E-state index contributed by atoms with van der Waals surface area (Å²) in [7, 11) is 0. The van der Waals surface area contributed by atoms with Crippen LogP contribution in [0, 0.1) is 6.92 Å². The van der Waals surface area contributed by atoms with Gasteiger partial charge in [-0.25, -0.2) is 0 Å². The average Bonchev–Trinajstić information content (AvgIpc) is 2.04. The Morgan fingerprint density at radius 3 is 2.45 bits per heavy atom. The number of benzene rings is 1. The van der Waals surface area contributed by atoms with Crippen LogP contribution in [0.4, 0.5) is 0 Å². The van der Waals surface area contributed by atoms with Gasteiger partial charge >= 0.3 is 0 Å². The van der Waals surface area contributed by atoms with E-state index in [1.807, 2.05) is 0 Å². The van der Waals surface area contributed by atoms with E-state index in [1.54, 1.807) is 11.8 Å². The molecule has 1 nitrogen and oxygen atoms in total. The molecule has 0 atom stereocenters. The van der Waals surface area contributed by atoms with Crippen LogP contribution in [0.3, 0.4) is 0 Å². The van der Waals surface area contributed by atoms with E-state index in [2.05, 4.69) is 31.2 Å². The van der Waals surface area contributed by atoms with Gasteiger partial charge in [-0.3, -0.25) is 0 Å². The highest BCUT2D eigenvalue weighted by atomic mass is 32.2. The molecule has 1 aromatic carbocycles. The lowest BCUT2D eigenvalue weighted by molar-refractivity contribution is 1.15. The molecule has 60 valence electrons. The fraction of sp³-hybridized carbons (Fsp3) is 0.333. The number of nitrogens with two attached hydrogens (primary N) is 1. The maximum Gasteiger partial charge on any atom is 0.0103 e. The Morgan fingerprint density at radius 1 is 1.27 bits per heavy atom. The maximum absolute atomic E-state index is 5.39. The van der Waals surface area contributed by atoms with Crippen LogP contribution in [0.2, 0.25) is 0 Å². The van der Waals surface area contributed by atoms with Gasteiger partial charge in [-0.2, -0.15) is 0 Å². The summed E-state index contributed by atoms with van der Waals surface area (Å²) in [6.45, 7) is 2.84. The van der Waals surface area contributed by atoms with Gasteiger partial charge in [0.1, 0.15) is 0 Å². The van der Waals surface area contributed by atoms with Crippen molar-refractivity contribution in [3.05, 3.63) is 29.8 Å². The van der Waals surface area contributed by atoms with Gasteiger partial charge in [0, 0.05) is 17.2 Å². The smallest absolute Gasteiger partial charge is 0.0103 e. The van der Waals surface area contributed by atoms with Crippen LogP contribution < -0.4 is 5.73 Å². The molecule has 0 aliphatic heterocycles. The first kappa shape index (κ1) is 8.62. The third-order valence-corrected chi connectivity index (χ3v) is 2.45. The predicted octanol–water partition coefficient (Wildman–Crippen LogP) is 2.05. The highest BCUT2D eigenvalue weighted by Gasteiger charge is 1.90. The summed E-state index contributed by atoms with van der Waals surface area (Å²) in [5, 5.41) is 0. The third-order valence-electron chi connectivity index (χ3n) is 1.41. The van der Waals surface area contributed by atoms with Crippen LogP contribution in [-0.4, -0.2) is 12.3 Å². The van der Waals surface area contributed by atoms with Crippen molar-refractivity contribution in [2.24, 2.45) is 5.73 Å². The molecule has 0 aliphatic rings. The fourth-order valence-corrected chi connectivity index (χ4v) is 1.49. The molecule has 0 saturated heterocycles. The van der Waals surface area contributed by atoms with E-state index < -0.39 is 0 Å². The molecule has 0 saturated carbocycles. The minimum atomic E-state index is 0.749. The molecule has 11 heavy (non-hydrogen) atoms. The molecule has 0 spiro atoms. The second kappa shape index (κ2) is 4.42. The van der Waals surface area contributed by atoms with Crippen LogP contribution in [-0.2, 0) is 0 Å². The standard InChI is InChI=1S/C9H13NS/c1-8-2-4-9(5-3-8)11-7-6-10/h2-5H,6-7,10H2,1H3. The van der Waals surface area contributed by atoms with Gasteiger partial charge in [-0.15, -0.1) is 11.8 Å². The molecule has 2 heteroatoms. The van der Waals surface area contributed by atoms with Gasteiger partial charge in [0.05, 0.1) is 0 Å². The summed E-state index contributed by atoms with van der Waals surface area (Å²) in [5.41, 5.74) is 6.69. The molecule has 2 N–H and O–H groups in total. The highest BCUT2D eigenvalue weighted by molar-refractivity contribution is 7.99. The first-order valence-corrected chi connectivity index (χ1v) is 4.71. The molecule has 0 unspecified atom stereocenters. The number of rotatable bonds is 3. The SMILES string of the molecule is Cc1ccc(SCCN)cc1. The van der Waals surface area contributed by atoms with Crippen LogP contribution >= 0.6 is 11.8 Å². The lowest BCUT2D eigenvalue weighted by Crippen LogP contribution is -2.00. The first-order chi connectivity index (χ1) is 5.33. The molecule has 0 fully saturated rings. The minimum Gasteiger partial charge on any atom is -0.330 e. The van der Waals surface area contributed by atoms with Crippen LogP contribution in [0.25, 0.3) is 0 Å². The molecule has 1 aromatic rings. The van der Waals surface area contributed by atoms with Crippen molar-refractivity contribution < 1.29 is 0 Å². The van der Waals surface area contributed by atoms with Crippen molar-refractivity contribution in [2.45, 2.75) is 11.8 Å². The van der Waals surface area contributed by atoms with E-state index in [1.165, 1.54) is 10.5 Å². The lowest BCUT2D eigenvalue weighted by atomic mass is 10.2. The van der Waals surface area contributed by atoms with Gasteiger partial charge in [0.2, 0.25) is 0 Å². The Balaban J connectivity index is 2.52. The Kier molecular flexibility index (Phi) is 3.46. The summed E-state index contributed by atoms with van der Waals surface area (Å²) in [5.74, 6) is 1.00. The first-order valence-electron chi connectivity index (χ1n) is 3.72. The van der Waals surface area contributed by atoms with Crippen molar-refractivity contribution >= 4 is 11.8 Å².